The van der Waals surface area contributed by atoms with Crippen LogP contribution >= 0.6 is 15.9 Å². The molecule has 0 aromatic heterocycles. The summed E-state index contributed by atoms with van der Waals surface area (Å²) in [6, 6.07) is 22.9. The summed E-state index contributed by atoms with van der Waals surface area (Å²) in [7, 11) is 1.60. The molecule has 0 fully saturated rings. The molecule has 0 saturated carbocycles. The van der Waals surface area contributed by atoms with Gasteiger partial charge in [0.2, 0.25) is 0 Å². The van der Waals surface area contributed by atoms with E-state index in [4.69, 9.17) is 19.6 Å². The number of nitriles is 1. The molecule has 6 heteroatoms. The van der Waals surface area contributed by atoms with Crippen molar-refractivity contribution in [2.24, 2.45) is 5.16 Å². The molecule has 0 unspecified atom stereocenters. The monoisotopic (exact) mass is 450 g/mol. The first-order chi connectivity index (χ1) is 14.2. The van der Waals surface area contributed by atoms with E-state index in [1.54, 1.807) is 19.4 Å². The van der Waals surface area contributed by atoms with Crippen molar-refractivity contribution in [1.82, 2.24) is 0 Å². The zero-order chi connectivity index (χ0) is 20.5. The SMILES string of the molecule is COc1cc(/C=N\OCc2ccccc2C#N)ccc1OCc1ccc(Br)cc1. The summed E-state index contributed by atoms with van der Waals surface area (Å²) in [6.07, 6.45) is 1.59. The molecule has 0 radical (unpaired) electrons. The van der Waals surface area contributed by atoms with Gasteiger partial charge in [0.1, 0.15) is 13.2 Å². The van der Waals surface area contributed by atoms with Gasteiger partial charge in [-0.2, -0.15) is 5.26 Å². The van der Waals surface area contributed by atoms with Gasteiger partial charge in [0.25, 0.3) is 0 Å². The lowest BCUT2D eigenvalue weighted by atomic mass is 10.1. The van der Waals surface area contributed by atoms with Gasteiger partial charge in [0, 0.05) is 15.6 Å². The van der Waals surface area contributed by atoms with Crippen molar-refractivity contribution in [2.75, 3.05) is 7.11 Å². The van der Waals surface area contributed by atoms with E-state index >= 15 is 0 Å². The Bertz CT molecular complexity index is 1030. The lowest BCUT2D eigenvalue weighted by Gasteiger charge is -2.11. The van der Waals surface area contributed by atoms with Gasteiger partial charge in [0.05, 0.1) is 25.0 Å². The average Bonchev–Trinajstić information content (AvgIpc) is 2.77. The van der Waals surface area contributed by atoms with Crippen LogP contribution in [0.1, 0.15) is 22.3 Å². The molecule has 0 heterocycles. The van der Waals surface area contributed by atoms with Crippen LogP contribution in [0.4, 0.5) is 0 Å². The summed E-state index contributed by atoms with van der Waals surface area (Å²) in [5.41, 5.74) is 3.25. The van der Waals surface area contributed by atoms with E-state index in [-0.39, 0.29) is 6.61 Å². The number of rotatable bonds is 8. The largest absolute Gasteiger partial charge is 0.493 e. The van der Waals surface area contributed by atoms with E-state index < -0.39 is 0 Å². The molecule has 0 N–H and O–H groups in total. The highest BCUT2D eigenvalue weighted by Crippen LogP contribution is 2.28. The number of benzene rings is 3. The molecular formula is C23H19BrN2O3. The summed E-state index contributed by atoms with van der Waals surface area (Å²) in [5.74, 6) is 1.26. The number of oxime groups is 1. The number of hydrogen-bond donors (Lipinski definition) is 0. The number of hydrogen-bond acceptors (Lipinski definition) is 5. The maximum absolute atomic E-state index is 9.09. The van der Waals surface area contributed by atoms with Crippen LogP contribution in [0.2, 0.25) is 0 Å². The van der Waals surface area contributed by atoms with Crippen molar-refractivity contribution in [2.45, 2.75) is 13.2 Å². The molecule has 0 atom stereocenters. The van der Waals surface area contributed by atoms with Gasteiger partial charge in [-0.25, -0.2) is 0 Å². The third-order valence-electron chi connectivity index (χ3n) is 4.13. The van der Waals surface area contributed by atoms with Crippen molar-refractivity contribution >= 4 is 22.1 Å². The molecule has 3 aromatic rings. The van der Waals surface area contributed by atoms with Crippen LogP contribution in [0.5, 0.6) is 11.5 Å². The Balaban J connectivity index is 1.60. The fraction of sp³-hybridized carbons (Fsp3) is 0.130. The Kier molecular flexibility index (Phi) is 7.26. The molecule has 0 aliphatic heterocycles. The Morgan fingerprint density at radius 3 is 2.55 bits per heavy atom. The van der Waals surface area contributed by atoms with E-state index in [1.165, 1.54) is 0 Å². The third kappa shape index (κ3) is 5.84. The minimum Gasteiger partial charge on any atom is -0.493 e. The van der Waals surface area contributed by atoms with Crippen LogP contribution in [-0.2, 0) is 18.1 Å². The summed E-state index contributed by atoms with van der Waals surface area (Å²) >= 11 is 3.42. The predicted molar refractivity (Wildman–Crippen MR) is 115 cm³/mol. The second kappa shape index (κ2) is 10.3. The Labute approximate surface area is 178 Å². The van der Waals surface area contributed by atoms with E-state index in [0.29, 0.717) is 23.7 Å². The first-order valence-electron chi connectivity index (χ1n) is 8.88. The minimum absolute atomic E-state index is 0.228. The smallest absolute Gasteiger partial charge is 0.161 e. The Hall–Kier alpha value is -3.30. The summed E-state index contributed by atoms with van der Waals surface area (Å²) in [4.78, 5) is 5.33. The quantitative estimate of drug-likeness (QED) is 0.337. The topological polar surface area (TPSA) is 63.8 Å². The standard InChI is InChI=1S/C23H19BrN2O3/c1-27-23-12-18(14-26-29-16-20-5-3-2-4-19(20)13-25)8-11-22(23)28-15-17-6-9-21(24)10-7-17/h2-12,14H,15-16H2,1H3/b26-14-. The molecule has 0 bridgehead atoms. The van der Waals surface area contributed by atoms with E-state index in [2.05, 4.69) is 27.2 Å². The van der Waals surface area contributed by atoms with Crippen LogP contribution in [0.25, 0.3) is 0 Å². The zero-order valence-electron chi connectivity index (χ0n) is 15.8. The molecule has 0 amide bonds. The highest BCUT2D eigenvalue weighted by molar-refractivity contribution is 9.10. The van der Waals surface area contributed by atoms with E-state index in [0.717, 1.165) is 21.2 Å². The van der Waals surface area contributed by atoms with Crippen LogP contribution in [-0.4, -0.2) is 13.3 Å². The Morgan fingerprint density at radius 1 is 1.00 bits per heavy atom. The number of nitrogens with zero attached hydrogens (tertiary/aromatic N) is 2. The fourth-order valence-corrected chi connectivity index (χ4v) is 2.85. The molecule has 0 spiro atoms. The van der Waals surface area contributed by atoms with Gasteiger partial charge in [0.15, 0.2) is 11.5 Å². The summed E-state index contributed by atoms with van der Waals surface area (Å²) in [5, 5.41) is 13.1. The summed E-state index contributed by atoms with van der Waals surface area (Å²) in [6.45, 7) is 0.671. The second-order valence-electron chi connectivity index (χ2n) is 6.10. The first kappa shape index (κ1) is 20.4. The molecule has 0 saturated heterocycles. The predicted octanol–water partition coefficient (Wildman–Crippen LogP) is 5.46. The van der Waals surface area contributed by atoms with Gasteiger partial charge in [-0.3, -0.25) is 0 Å². The zero-order valence-corrected chi connectivity index (χ0v) is 17.4. The molecule has 146 valence electrons. The third-order valence-corrected chi connectivity index (χ3v) is 4.66. The molecule has 0 aliphatic carbocycles. The van der Waals surface area contributed by atoms with Crippen molar-refractivity contribution < 1.29 is 14.3 Å². The normalized spacial score (nSPS) is 10.5. The summed E-state index contributed by atoms with van der Waals surface area (Å²) < 4.78 is 12.3. The molecule has 29 heavy (non-hydrogen) atoms. The average molecular weight is 451 g/mol. The fourth-order valence-electron chi connectivity index (χ4n) is 2.59. The van der Waals surface area contributed by atoms with Crippen molar-refractivity contribution in [3.63, 3.8) is 0 Å². The van der Waals surface area contributed by atoms with Crippen LogP contribution < -0.4 is 9.47 Å². The molecule has 3 aromatic carbocycles. The first-order valence-corrected chi connectivity index (χ1v) is 9.67. The highest BCUT2D eigenvalue weighted by atomic mass is 79.9. The number of ether oxygens (including phenoxy) is 2. The van der Waals surface area contributed by atoms with Crippen molar-refractivity contribution in [1.29, 1.82) is 5.26 Å². The number of halogens is 1. The van der Waals surface area contributed by atoms with E-state index in [1.807, 2.05) is 60.7 Å². The van der Waals surface area contributed by atoms with Crippen LogP contribution in [0.3, 0.4) is 0 Å². The van der Waals surface area contributed by atoms with Crippen LogP contribution in [0.15, 0.2) is 76.4 Å². The van der Waals surface area contributed by atoms with Crippen molar-refractivity contribution in [3.05, 3.63) is 93.5 Å². The second-order valence-corrected chi connectivity index (χ2v) is 7.02. The van der Waals surface area contributed by atoms with Gasteiger partial charge < -0.3 is 14.3 Å². The van der Waals surface area contributed by atoms with E-state index in [9.17, 15) is 0 Å². The lowest BCUT2D eigenvalue weighted by molar-refractivity contribution is 0.132. The van der Waals surface area contributed by atoms with Crippen molar-refractivity contribution in [3.8, 4) is 17.6 Å². The molecule has 5 nitrogen and oxygen atoms in total. The van der Waals surface area contributed by atoms with Gasteiger partial charge in [-0.05, 0) is 42.0 Å². The molecule has 0 aliphatic rings. The molecular weight excluding hydrogens is 432 g/mol. The Morgan fingerprint density at radius 2 is 1.79 bits per heavy atom. The van der Waals surface area contributed by atoms with Crippen LogP contribution in [0, 0.1) is 11.3 Å². The minimum atomic E-state index is 0.228. The highest BCUT2D eigenvalue weighted by Gasteiger charge is 2.06. The maximum atomic E-state index is 9.09. The number of methoxy groups -OCH3 is 1. The molecule has 3 rings (SSSR count). The maximum Gasteiger partial charge on any atom is 0.161 e. The lowest BCUT2D eigenvalue weighted by Crippen LogP contribution is -1.98. The van der Waals surface area contributed by atoms with Gasteiger partial charge in [-0.15, -0.1) is 0 Å². The van der Waals surface area contributed by atoms with Gasteiger partial charge >= 0.3 is 0 Å². The van der Waals surface area contributed by atoms with Gasteiger partial charge in [-0.1, -0.05) is 51.4 Å².